The van der Waals surface area contributed by atoms with E-state index in [0.717, 1.165) is 17.0 Å². The molecule has 2 aromatic carbocycles. The molecule has 0 unspecified atom stereocenters. The summed E-state index contributed by atoms with van der Waals surface area (Å²) in [6, 6.07) is 2.74. The van der Waals surface area contributed by atoms with Gasteiger partial charge in [-0.05, 0) is 42.5 Å². The Bertz CT molecular complexity index is 1230. The summed E-state index contributed by atoms with van der Waals surface area (Å²) >= 11 is 0. The summed E-state index contributed by atoms with van der Waals surface area (Å²) in [7, 11) is -4.15. The van der Waals surface area contributed by atoms with Crippen LogP contribution in [0, 0.1) is 23.4 Å². The van der Waals surface area contributed by atoms with Gasteiger partial charge in [0.2, 0.25) is 15.9 Å². The highest BCUT2D eigenvalue weighted by atomic mass is 32.2. The monoisotopic (exact) mass is 520 g/mol. The largest absolute Gasteiger partial charge is 0.331 e. The van der Waals surface area contributed by atoms with Crippen molar-refractivity contribution in [2.45, 2.75) is 43.4 Å². The van der Waals surface area contributed by atoms with Gasteiger partial charge in [0.15, 0.2) is 0 Å². The van der Waals surface area contributed by atoms with Crippen molar-refractivity contribution in [3.8, 4) is 11.1 Å². The van der Waals surface area contributed by atoms with E-state index < -0.39 is 76.4 Å². The van der Waals surface area contributed by atoms with Crippen molar-refractivity contribution in [3.63, 3.8) is 0 Å². The molecule has 1 heterocycles. The molecular formula is C23H22F6N2O3S. The fourth-order valence-electron chi connectivity index (χ4n) is 4.65. The first kappa shape index (κ1) is 25.5. The summed E-state index contributed by atoms with van der Waals surface area (Å²) in [4.78, 5) is 13.7. The molecule has 1 saturated heterocycles. The lowest BCUT2D eigenvalue weighted by molar-refractivity contribution is -0.142. The molecule has 1 aliphatic carbocycles. The van der Waals surface area contributed by atoms with Crippen LogP contribution in [0.2, 0.25) is 0 Å². The lowest BCUT2D eigenvalue weighted by Crippen LogP contribution is -2.53. The van der Waals surface area contributed by atoms with Crippen molar-refractivity contribution >= 4 is 15.9 Å². The Balaban J connectivity index is 1.72. The smallest absolute Gasteiger partial charge is 0.283 e. The van der Waals surface area contributed by atoms with Crippen molar-refractivity contribution in [1.29, 1.82) is 0 Å². The van der Waals surface area contributed by atoms with Crippen molar-refractivity contribution in [1.82, 2.24) is 9.62 Å². The summed E-state index contributed by atoms with van der Waals surface area (Å²) in [6.45, 7) is -1.12. The number of alkyl halides is 3. The lowest BCUT2D eigenvalue weighted by atomic mass is 9.82. The van der Waals surface area contributed by atoms with Gasteiger partial charge in [0.25, 0.3) is 5.92 Å². The van der Waals surface area contributed by atoms with Crippen LogP contribution >= 0.6 is 0 Å². The number of likely N-dealkylation sites (tertiary alicyclic amines) is 1. The summed E-state index contributed by atoms with van der Waals surface area (Å²) in [5.74, 6) is -8.10. The molecule has 0 aromatic heterocycles. The van der Waals surface area contributed by atoms with E-state index in [-0.39, 0.29) is 29.5 Å². The van der Waals surface area contributed by atoms with E-state index in [0.29, 0.717) is 12.3 Å². The van der Waals surface area contributed by atoms with Crippen LogP contribution in [0.3, 0.4) is 0 Å². The first-order valence-electron chi connectivity index (χ1n) is 10.8. The Kier molecular flexibility index (Phi) is 6.64. The van der Waals surface area contributed by atoms with E-state index >= 15 is 4.39 Å². The van der Waals surface area contributed by atoms with Crippen LogP contribution in [-0.2, 0) is 21.2 Å². The third kappa shape index (κ3) is 5.32. The highest BCUT2D eigenvalue weighted by Crippen LogP contribution is 2.40. The second kappa shape index (κ2) is 9.12. The van der Waals surface area contributed by atoms with Crippen LogP contribution in [0.15, 0.2) is 36.4 Å². The molecule has 35 heavy (non-hydrogen) atoms. The van der Waals surface area contributed by atoms with Crippen LogP contribution in [0.25, 0.3) is 11.1 Å². The third-order valence-corrected chi connectivity index (χ3v) is 7.04. The molecule has 1 N–H and O–H groups in total. The lowest BCUT2D eigenvalue weighted by Gasteiger charge is -2.35. The Morgan fingerprint density at radius 2 is 1.74 bits per heavy atom. The Labute approximate surface area is 198 Å². The third-order valence-electron chi connectivity index (χ3n) is 6.36. The number of benzene rings is 2. The number of carbonyl (C=O) groups excluding carboxylic acids is 1. The minimum atomic E-state index is -4.15. The van der Waals surface area contributed by atoms with Gasteiger partial charge in [-0.3, -0.25) is 4.79 Å². The van der Waals surface area contributed by atoms with Gasteiger partial charge in [-0.15, -0.1) is 0 Å². The number of carbonyl (C=O) groups is 1. The molecule has 2 fully saturated rings. The van der Waals surface area contributed by atoms with Crippen molar-refractivity contribution in [2.24, 2.45) is 5.92 Å². The summed E-state index contributed by atoms with van der Waals surface area (Å²) < 4.78 is 111. The molecule has 1 amide bonds. The normalized spacial score (nSPS) is 26.0. The molecule has 12 heteroatoms. The van der Waals surface area contributed by atoms with Gasteiger partial charge in [-0.1, -0.05) is 18.2 Å². The highest BCUT2D eigenvalue weighted by molar-refractivity contribution is 7.88. The Morgan fingerprint density at radius 3 is 2.31 bits per heavy atom. The Hall–Kier alpha value is -2.60. The first-order valence-corrected chi connectivity index (χ1v) is 12.7. The standard InChI is InChI=1S/C23H22F6N2O3S/c1-35(33,34)30-21-19(31(11-23(21,28)29)22(32)14-7-15(24)8-14)9-12-3-2-4-18(20(12)27)13-5-16(25)10-17(26)6-13/h2-6,10,14-15,19,21,30H,7-9,11H2,1H3/t14-,15+,19-,21+/m0/s1. The first-order chi connectivity index (χ1) is 16.2. The maximum Gasteiger partial charge on any atom is 0.283 e. The molecule has 190 valence electrons. The molecule has 1 saturated carbocycles. The van der Waals surface area contributed by atoms with E-state index in [1.807, 2.05) is 4.72 Å². The highest BCUT2D eigenvalue weighted by Gasteiger charge is 2.58. The van der Waals surface area contributed by atoms with E-state index in [9.17, 15) is 35.2 Å². The maximum absolute atomic E-state index is 15.4. The maximum atomic E-state index is 15.4. The number of hydrogen-bond donors (Lipinski definition) is 1. The molecule has 0 spiro atoms. The molecule has 5 nitrogen and oxygen atoms in total. The van der Waals surface area contributed by atoms with E-state index in [4.69, 9.17) is 0 Å². The number of hydrogen-bond acceptors (Lipinski definition) is 3. The van der Waals surface area contributed by atoms with E-state index in [2.05, 4.69) is 0 Å². The second-order valence-corrected chi connectivity index (χ2v) is 10.8. The number of amides is 1. The fourth-order valence-corrected chi connectivity index (χ4v) is 5.44. The average molecular weight is 520 g/mol. The van der Waals surface area contributed by atoms with Gasteiger partial charge in [-0.2, -0.15) is 0 Å². The number of rotatable bonds is 6. The molecule has 2 aromatic rings. The molecular weight excluding hydrogens is 498 g/mol. The molecule has 1 aliphatic heterocycles. The number of halogens is 6. The minimum absolute atomic E-state index is 0.124. The van der Waals surface area contributed by atoms with Gasteiger partial charge in [0.05, 0.1) is 18.8 Å². The SMILES string of the molecule is CS(=O)(=O)N[C@@H]1[C@H](Cc2cccc(-c3cc(F)cc(F)c3)c2F)N(C(=O)[C@H]2C[C@@H](F)C2)CC1(F)F. The van der Waals surface area contributed by atoms with Crippen molar-refractivity contribution in [2.75, 3.05) is 12.8 Å². The minimum Gasteiger partial charge on any atom is -0.331 e. The number of nitrogens with one attached hydrogen (secondary N) is 1. The van der Waals surface area contributed by atoms with Gasteiger partial charge >= 0.3 is 0 Å². The van der Waals surface area contributed by atoms with Crippen LogP contribution in [0.4, 0.5) is 26.3 Å². The van der Waals surface area contributed by atoms with Gasteiger partial charge in [0.1, 0.15) is 29.7 Å². The molecule has 0 bridgehead atoms. The zero-order chi connectivity index (χ0) is 25.7. The van der Waals surface area contributed by atoms with Gasteiger partial charge in [0, 0.05) is 17.5 Å². The van der Waals surface area contributed by atoms with E-state index in [1.54, 1.807) is 0 Å². The Morgan fingerprint density at radius 1 is 1.11 bits per heavy atom. The summed E-state index contributed by atoms with van der Waals surface area (Å²) in [5.41, 5.74) is -0.485. The zero-order valence-electron chi connectivity index (χ0n) is 18.4. The molecule has 2 atom stereocenters. The van der Waals surface area contributed by atoms with Crippen LogP contribution in [-0.4, -0.2) is 56.2 Å². The predicted molar refractivity (Wildman–Crippen MR) is 115 cm³/mol. The molecule has 4 rings (SSSR count). The number of sulfonamides is 1. The van der Waals surface area contributed by atoms with Crippen LogP contribution < -0.4 is 4.72 Å². The van der Waals surface area contributed by atoms with Crippen LogP contribution in [0.1, 0.15) is 18.4 Å². The predicted octanol–water partition coefficient (Wildman–Crippen LogP) is 3.83. The van der Waals surface area contributed by atoms with Gasteiger partial charge in [-0.25, -0.2) is 39.5 Å². The fraction of sp³-hybridized carbons (Fsp3) is 0.435. The van der Waals surface area contributed by atoms with E-state index in [1.165, 1.54) is 18.2 Å². The molecule has 2 aliphatic rings. The van der Waals surface area contributed by atoms with Crippen molar-refractivity contribution in [3.05, 3.63) is 59.4 Å². The zero-order valence-corrected chi connectivity index (χ0v) is 19.3. The molecule has 0 radical (unpaired) electrons. The average Bonchev–Trinajstić information content (AvgIpc) is 2.95. The van der Waals surface area contributed by atoms with Crippen molar-refractivity contribution < 1.29 is 39.6 Å². The topological polar surface area (TPSA) is 66.5 Å². The summed E-state index contributed by atoms with van der Waals surface area (Å²) in [5, 5.41) is 0. The second-order valence-electron chi connectivity index (χ2n) is 9.07. The van der Waals surface area contributed by atoms with Crippen LogP contribution in [0.5, 0.6) is 0 Å². The van der Waals surface area contributed by atoms with Gasteiger partial charge < -0.3 is 4.90 Å². The quantitative estimate of drug-likeness (QED) is 0.589. The number of nitrogens with zero attached hydrogens (tertiary/aromatic N) is 1. The summed E-state index contributed by atoms with van der Waals surface area (Å²) in [6.07, 6.45) is -1.32.